The monoisotopic (exact) mass is 441 g/mol. The Labute approximate surface area is 189 Å². The van der Waals surface area contributed by atoms with Crippen molar-refractivity contribution in [1.82, 2.24) is 5.32 Å². The molecule has 2 N–H and O–H groups in total. The molecule has 1 atom stereocenters. The molecule has 3 rings (SSSR count). The number of amides is 1. The van der Waals surface area contributed by atoms with Gasteiger partial charge in [-0.05, 0) is 60.7 Å². The molecule has 7 heteroatoms. The minimum atomic E-state index is -0.344. The van der Waals surface area contributed by atoms with E-state index >= 15 is 0 Å². The van der Waals surface area contributed by atoms with Crippen LogP contribution in [-0.2, 0) is 20.7 Å². The smallest absolute Gasteiger partial charge is 0.323 e. The number of carbonyl (C=O) groups excluding carboxylic acids is 2. The molecule has 0 aliphatic carbocycles. The average molecular weight is 442 g/mol. The highest BCUT2D eigenvalue weighted by Crippen LogP contribution is 2.23. The van der Waals surface area contributed by atoms with Crippen LogP contribution in [-0.4, -0.2) is 44.2 Å². The molecule has 172 valence electrons. The highest BCUT2D eigenvalue weighted by molar-refractivity contribution is 5.92. The van der Waals surface area contributed by atoms with E-state index in [9.17, 15) is 14.0 Å². The Balaban J connectivity index is 1.49. The Morgan fingerprint density at radius 2 is 1.81 bits per heavy atom. The second-order valence-electron chi connectivity index (χ2n) is 8.57. The first-order chi connectivity index (χ1) is 15.4. The summed E-state index contributed by atoms with van der Waals surface area (Å²) in [5.41, 5.74) is 2.45. The summed E-state index contributed by atoms with van der Waals surface area (Å²) in [5.74, 6) is -0.564. The number of hydrogen-bond acceptors (Lipinski definition) is 5. The largest absolute Gasteiger partial charge is 0.468 e. The lowest BCUT2D eigenvalue weighted by Crippen LogP contribution is -2.51. The van der Waals surface area contributed by atoms with Crippen LogP contribution in [0.2, 0.25) is 0 Å². The Hall–Kier alpha value is -2.93. The zero-order chi connectivity index (χ0) is 23.1. The van der Waals surface area contributed by atoms with Crippen LogP contribution >= 0.6 is 0 Å². The number of piperidine rings is 1. The summed E-state index contributed by atoms with van der Waals surface area (Å²) in [4.78, 5) is 26.5. The van der Waals surface area contributed by atoms with E-state index in [-0.39, 0.29) is 42.1 Å². The van der Waals surface area contributed by atoms with Gasteiger partial charge in [-0.1, -0.05) is 26.0 Å². The highest BCUT2D eigenvalue weighted by Gasteiger charge is 2.28. The van der Waals surface area contributed by atoms with Gasteiger partial charge in [0, 0.05) is 30.5 Å². The number of anilines is 2. The van der Waals surface area contributed by atoms with Crippen molar-refractivity contribution in [1.29, 1.82) is 0 Å². The Bertz CT molecular complexity index is 909. The summed E-state index contributed by atoms with van der Waals surface area (Å²) in [6, 6.07) is 13.8. The van der Waals surface area contributed by atoms with Gasteiger partial charge in [0.25, 0.3) is 0 Å². The molecular formula is C25H32FN3O3. The lowest BCUT2D eigenvalue weighted by Gasteiger charge is -2.36. The number of halogens is 1. The van der Waals surface area contributed by atoms with Gasteiger partial charge in [0.1, 0.15) is 11.9 Å². The molecule has 1 heterocycles. The van der Waals surface area contributed by atoms with Gasteiger partial charge in [-0.2, -0.15) is 0 Å². The van der Waals surface area contributed by atoms with E-state index in [2.05, 4.69) is 15.5 Å². The van der Waals surface area contributed by atoms with Crippen LogP contribution in [0.25, 0.3) is 0 Å². The van der Waals surface area contributed by atoms with Crippen molar-refractivity contribution < 1.29 is 18.7 Å². The van der Waals surface area contributed by atoms with Crippen LogP contribution < -0.4 is 15.5 Å². The molecule has 2 aromatic rings. The number of ether oxygens (including phenoxy) is 1. The molecule has 0 saturated carbocycles. The number of carbonyl (C=O) groups is 2. The first-order valence-electron chi connectivity index (χ1n) is 11.1. The number of nitrogens with zero attached hydrogens (tertiary/aromatic N) is 1. The second-order valence-corrected chi connectivity index (χ2v) is 8.57. The van der Waals surface area contributed by atoms with Gasteiger partial charge in [0.15, 0.2) is 0 Å². The predicted octanol–water partition coefficient (Wildman–Crippen LogP) is 3.76. The SMILES string of the molecule is COC(=O)[C@@H](NC1CCN(c2ccc(NC(=O)Cc3cccc(F)c3)cc2)CC1)C(C)C. The second kappa shape index (κ2) is 11.1. The lowest BCUT2D eigenvalue weighted by atomic mass is 9.99. The van der Waals surface area contributed by atoms with Crippen molar-refractivity contribution in [3.05, 3.63) is 59.9 Å². The summed E-state index contributed by atoms with van der Waals surface area (Å²) >= 11 is 0. The van der Waals surface area contributed by atoms with E-state index in [0.717, 1.165) is 31.6 Å². The standard InChI is InChI=1S/C25H32FN3O3/c1-17(2)24(25(31)32-3)28-21-11-13-29(14-12-21)22-9-7-20(8-10-22)27-23(30)16-18-5-4-6-19(26)15-18/h4-10,15,17,21,24,28H,11-14,16H2,1-3H3,(H,27,30)/t24-/m0/s1. The fraction of sp³-hybridized carbons (Fsp3) is 0.440. The van der Waals surface area contributed by atoms with Crippen LogP contribution in [0.3, 0.4) is 0 Å². The van der Waals surface area contributed by atoms with Gasteiger partial charge in [0.05, 0.1) is 13.5 Å². The summed E-state index contributed by atoms with van der Waals surface area (Å²) in [6.45, 7) is 5.80. The molecule has 0 unspecified atom stereocenters. The van der Waals surface area contributed by atoms with Crippen LogP contribution in [0.5, 0.6) is 0 Å². The zero-order valence-electron chi connectivity index (χ0n) is 18.9. The number of methoxy groups -OCH3 is 1. The number of benzene rings is 2. The Morgan fingerprint density at radius 1 is 1.12 bits per heavy atom. The fourth-order valence-electron chi connectivity index (χ4n) is 4.01. The summed E-state index contributed by atoms with van der Waals surface area (Å²) in [7, 11) is 1.43. The van der Waals surface area contributed by atoms with Crippen LogP contribution in [0, 0.1) is 11.7 Å². The molecule has 32 heavy (non-hydrogen) atoms. The van der Waals surface area contributed by atoms with E-state index in [1.165, 1.54) is 19.2 Å². The molecule has 0 radical (unpaired) electrons. The minimum Gasteiger partial charge on any atom is -0.468 e. The third-order valence-electron chi connectivity index (χ3n) is 5.80. The molecule has 0 spiro atoms. The minimum absolute atomic E-state index is 0.128. The van der Waals surface area contributed by atoms with Gasteiger partial charge in [-0.25, -0.2) is 4.39 Å². The molecular weight excluding hydrogens is 409 g/mol. The van der Waals surface area contributed by atoms with Crippen LogP contribution in [0.1, 0.15) is 32.3 Å². The Kier molecular flexibility index (Phi) is 8.22. The van der Waals surface area contributed by atoms with Crippen molar-refractivity contribution >= 4 is 23.3 Å². The van der Waals surface area contributed by atoms with Gasteiger partial charge in [0.2, 0.25) is 5.91 Å². The molecule has 2 aromatic carbocycles. The number of hydrogen-bond donors (Lipinski definition) is 2. The molecule has 0 aromatic heterocycles. The predicted molar refractivity (Wildman–Crippen MR) is 124 cm³/mol. The third kappa shape index (κ3) is 6.53. The van der Waals surface area contributed by atoms with Gasteiger partial charge < -0.3 is 20.3 Å². The topological polar surface area (TPSA) is 70.7 Å². The number of nitrogens with one attached hydrogen (secondary N) is 2. The molecule has 0 bridgehead atoms. The molecule has 1 fully saturated rings. The van der Waals surface area contributed by atoms with E-state index in [1.54, 1.807) is 12.1 Å². The molecule has 1 amide bonds. The third-order valence-corrected chi connectivity index (χ3v) is 5.80. The van der Waals surface area contributed by atoms with E-state index in [4.69, 9.17) is 4.74 Å². The zero-order valence-corrected chi connectivity index (χ0v) is 18.9. The molecule has 1 saturated heterocycles. The van der Waals surface area contributed by atoms with E-state index in [1.807, 2.05) is 38.1 Å². The molecule has 1 aliphatic rings. The van der Waals surface area contributed by atoms with Crippen LogP contribution in [0.4, 0.5) is 15.8 Å². The van der Waals surface area contributed by atoms with Gasteiger partial charge in [-0.3, -0.25) is 9.59 Å². The Morgan fingerprint density at radius 3 is 2.41 bits per heavy atom. The first kappa shape index (κ1) is 23.7. The van der Waals surface area contributed by atoms with Crippen molar-refractivity contribution in [2.75, 3.05) is 30.4 Å². The van der Waals surface area contributed by atoms with Gasteiger partial charge >= 0.3 is 5.97 Å². The van der Waals surface area contributed by atoms with Crippen LogP contribution in [0.15, 0.2) is 48.5 Å². The maximum absolute atomic E-state index is 13.3. The van der Waals surface area contributed by atoms with E-state index < -0.39 is 0 Å². The van der Waals surface area contributed by atoms with Crippen molar-refractivity contribution in [2.24, 2.45) is 5.92 Å². The van der Waals surface area contributed by atoms with E-state index in [0.29, 0.717) is 11.3 Å². The maximum atomic E-state index is 13.3. The summed E-state index contributed by atoms with van der Waals surface area (Å²) < 4.78 is 18.2. The normalized spacial score (nSPS) is 15.5. The molecule has 6 nitrogen and oxygen atoms in total. The van der Waals surface area contributed by atoms with Crippen molar-refractivity contribution in [3.63, 3.8) is 0 Å². The number of rotatable bonds is 8. The first-order valence-corrected chi connectivity index (χ1v) is 11.1. The highest BCUT2D eigenvalue weighted by atomic mass is 19.1. The van der Waals surface area contributed by atoms with Crippen molar-refractivity contribution in [3.8, 4) is 0 Å². The van der Waals surface area contributed by atoms with Gasteiger partial charge in [-0.15, -0.1) is 0 Å². The lowest BCUT2D eigenvalue weighted by molar-refractivity contribution is -0.144. The summed E-state index contributed by atoms with van der Waals surface area (Å²) in [5, 5.41) is 6.32. The molecule has 1 aliphatic heterocycles. The van der Waals surface area contributed by atoms with Crippen molar-refractivity contribution in [2.45, 2.75) is 45.2 Å². The average Bonchev–Trinajstić information content (AvgIpc) is 2.77. The summed E-state index contributed by atoms with van der Waals surface area (Å²) in [6.07, 6.45) is 2.00. The number of esters is 1. The quantitative estimate of drug-likeness (QED) is 0.611. The fourth-order valence-corrected chi connectivity index (χ4v) is 4.01. The maximum Gasteiger partial charge on any atom is 0.323 e.